The highest BCUT2D eigenvalue weighted by Gasteiger charge is 2.03. The SMILES string of the molecule is Cc1nccn1CCNC(C)CCC(C)C. The summed E-state index contributed by atoms with van der Waals surface area (Å²) < 4.78 is 2.18. The summed E-state index contributed by atoms with van der Waals surface area (Å²) >= 11 is 0. The van der Waals surface area contributed by atoms with Gasteiger partial charge in [-0.1, -0.05) is 13.8 Å². The molecule has 0 radical (unpaired) electrons. The molecule has 0 spiro atoms. The molecule has 1 rings (SSSR count). The molecule has 1 atom stereocenters. The topological polar surface area (TPSA) is 29.9 Å². The van der Waals surface area contributed by atoms with Crippen molar-refractivity contribution in [1.82, 2.24) is 14.9 Å². The number of nitrogens with zero attached hydrogens (tertiary/aromatic N) is 2. The molecule has 3 heteroatoms. The lowest BCUT2D eigenvalue weighted by molar-refractivity contribution is 0.440. The van der Waals surface area contributed by atoms with Crippen LogP contribution in [-0.4, -0.2) is 22.1 Å². The van der Waals surface area contributed by atoms with Gasteiger partial charge in [0.25, 0.3) is 0 Å². The van der Waals surface area contributed by atoms with Crippen LogP contribution in [0.5, 0.6) is 0 Å². The summed E-state index contributed by atoms with van der Waals surface area (Å²) in [4.78, 5) is 4.21. The van der Waals surface area contributed by atoms with Gasteiger partial charge in [-0.15, -0.1) is 0 Å². The maximum absolute atomic E-state index is 4.21. The minimum absolute atomic E-state index is 0.617. The van der Waals surface area contributed by atoms with Crippen LogP contribution in [-0.2, 0) is 6.54 Å². The minimum Gasteiger partial charge on any atom is -0.334 e. The van der Waals surface area contributed by atoms with Crippen LogP contribution in [0.1, 0.15) is 39.4 Å². The Bertz CT molecular complexity index is 291. The molecule has 0 aliphatic heterocycles. The van der Waals surface area contributed by atoms with Gasteiger partial charge in [0.05, 0.1) is 0 Å². The van der Waals surface area contributed by atoms with Crippen LogP contribution in [0, 0.1) is 12.8 Å². The van der Waals surface area contributed by atoms with E-state index >= 15 is 0 Å². The molecule has 1 aromatic heterocycles. The highest BCUT2D eigenvalue weighted by molar-refractivity contribution is 4.88. The van der Waals surface area contributed by atoms with Gasteiger partial charge in [0.1, 0.15) is 5.82 Å². The molecule has 16 heavy (non-hydrogen) atoms. The quantitative estimate of drug-likeness (QED) is 0.770. The van der Waals surface area contributed by atoms with Crippen LogP contribution in [0.4, 0.5) is 0 Å². The second-order valence-corrected chi connectivity index (χ2v) is 4.99. The number of nitrogens with one attached hydrogen (secondary N) is 1. The van der Waals surface area contributed by atoms with Crippen molar-refractivity contribution in [2.75, 3.05) is 6.54 Å². The molecular weight excluding hydrogens is 198 g/mol. The largest absolute Gasteiger partial charge is 0.334 e. The Balaban J connectivity index is 2.13. The van der Waals surface area contributed by atoms with Crippen molar-refractivity contribution in [2.45, 2.75) is 53.1 Å². The number of hydrogen-bond acceptors (Lipinski definition) is 2. The molecule has 0 amide bonds. The molecule has 0 aliphatic rings. The normalized spacial score (nSPS) is 13.3. The number of hydrogen-bond donors (Lipinski definition) is 1. The van der Waals surface area contributed by atoms with Crippen molar-refractivity contribution in [3.63, 3.8) is 0 Å². The molecule has 0 fully saturated rings. The van der Waals surface area contributed by atoms with Gasteiger partial charge in [-0.05, 0) is 32.6 Å². The fourth-order valence-corrected chi connectivity index (χ4v) is 1.76. The molecule has 0 aliphatic carbocycles. The van der Waals surface area contributed by atoms with Crippen molar-refractivity contribution in [3.05, 3.63) is 18.2 Å². The molecule has 1 aromatic rings. The van der Waals surface area contributed by atoms with E-state index in [2.05, 4.69) is 35.6 Å². The molecule has 0 aromatic carbocycles. The van der Waals surface area contributed by atoms with Crippen LogP contribution in [0.25, 0.3) is 0 Å². The van der Waals surface area contributed by atoms with Crippen molar-refractivity contribution < 1.29 is 0 Å². The third kappa shape index (κ3) is 4.79. The predicted octanol–water partition coefficient (Wildman–Crippen LogP) is 2.61. The summed E-state index contributed by atoms with van der Waals surface area (Å²) in [5, 5.41) is 3.55. The van der Waals surface area contributed by atoms with E-state index in [1.807, 2.05) is 19.3 Å². The lowest BCUT2D eigenvalue weighted by Gasteiger charge is -2.15. The highest BCUT2D eigenvalue weighted by Crippen LogP contribution is 2.06. The summed E-state index contributed by atoms with van der Waals surface area (Å²) in [6.07, 6.45) is 6.46. The number of rotatable bonds is 7. The summed E-state index contributed by atoms with van der Waals surface area (Å²) in [5.41, 5.74) is 0. The highest BCUT2D eigenvalue weighted by atomic mass is 15.1. The molecule has 3 nitrogen and oxygen atoms in total. The minimum atomic E-state index is 0.617. The Morgan fingerprint density at radius 1 is 1.31 bits per heavy atom. The van der Waals surface area contributed by atoms with Gasteiger partial charge in [0.2, 0.25) is 0 Å². The van der Waals surface area contributed by atoms with E-state index in [4.69, 9.17) is 0 Å². The Hall–Kier alpha value is -0.830. The monoisotopic (exact) mass is 223 g/mol. The van der Waals surface area contributed by atoms with Gasteiger partial charge in [-0.3, -0.25) is 0 Å². The van der Waals surface area contributed by atoms with Crippen molar-refractivity contribution in [3.8, 4) is 0 Å². The Morgan fingerprint density at radius 3 is 2.62 bits per heavy atom. The third-order valence-electron chi connectivity index (χ3n) is 2.95. The molecule has 1 unspecified atom stereocenters. The first kappa shape index (κ1) is 13.2. The van der Waals surface area contributed by atoms with Crippen LogP contribution in [0.2, 0.25) is 0 Å². The smallest absolute Gasteiger partial charge is 0.105 e. The van der Waals surface area contributed by atoms with E-state index in [1.54, 1.807) is 0 Å². The van der Waals surface area contributed by atoms with E-state index in [0.717, 1.165) is 24.8 Å². The molecule has 1 heterocycles. The summed E-state index contributed by atoms with van der Waals surface area (Å²) in [5.74, 6) is 1.90. The molecule has 0 saturated carbocycles. The Kier molecular flexibility index (Phi) is 5.53. The lowest BCUT2D eigenvalue weighted by atomic mass is 10.0. The third-order valence-corrected chi connectivity index (χ3v) is 2.95. The lowest BCUT2D eigenvalue weighted by Crippen LogP contribution is -2.29. The Labute approximate surface area is 99.3 Å². The van der Waals surface area contributed by atoms with E-state index in [0.29, 0.717) is 6.04 Å². The van der Waals surface area contributed by atoms with Crippen LogP contribution >= 0.6 is 0 Å². The first-order chi connectivity index (χ1) is 7.59. The van der Waals surface area contributed by atoms with Crippen LogP contribution in [0.3, 0.4) is 0 Å². The predicted molar refractivity (Wildman–Crippen MR) is 68.5 cm³/mol. The van der Waals surface area contributed by atoms with Crippen molar-refractivity contribution >= 4 is 0 Å². The Morgan fingerprint density at radius 2 is 2.06 bits per heavy atom. The fraction of sp³-hybridized carbons (Fsp3) is 0.769. The van der Waals surface area contributed by atoms with E-state index < -0.39 is 0 Å². The van der Waals surface area contributed by atoms with Gasteiger partial charge in [0, 0.05) is 31.5 Å². The number of aromatic nitrogens is 2. The number of aryl methyl sites for hydroxylation is 1. The molecule has 92 valence electrons. The van der Waals surface area contributed by atoms with Gasteiger partial charge in [-0.25, -0.2) is 4.98 Å². The average molecular weight is 223 g/mol. The molecular formula is C13H25N3. The second-order valence-electron chi connectivity index (χ2n) is 4.99. The van der Waals surface area contributed by atoms with Gasteiger partial charge in [-0.2, -0.15) is 0 Å². The van der Waals surface area contributed by atoms with Gasteiger partial charge < -0.3 is 9.88 Å². The van der Waals surface area contributed by atoms with Gasteiger partial charge in [0.15, 0.2) is 0 Å². The fourth-order valence-electron chi connectivity index (χ4n) is 1.76. The van der Waals surface area contributed by atoms with Crippen molar-refractivity contribution in [1.29, 1.82) is 0 Å². The maximum atomic E-state index is 4.21. The maximum Gasteiger partial charge on any atom is 0.105 e. The van der Waals surface area contributed by atoms with Crippen molar-refractivity contribution in [2.24, 2.45) is 5.92 Å². The molecule has 1 N–H and O–H groups in total. The van der Waals surface area contributed by atoms with Crippen LogP contribution < -0.4 is 5.32 Å². The second kappa shape index (κ2) is 6.69. The zero-order valence-electron chi connectivity index (χ0n) is 11.0. The summed E-state index contributed by atoms with van der Waals surface area (Å²) in [7, 11) is 0. The van der Waals surface area contributed by atoms with Gasteiger partial charge >= 0.3 is 0 Å². The standard InChI is InChI=1S/C13H25N3/c1-11(2)5-6-12(3)14-7-9-16-10-8-15-13(16)4/h8,10-12,14H,5-7,9H2,1-4H3. The average Bonchev–Trinajstić information content (AvgIpc) is 2.61. The summed E-state index contributed by atoms with van der Waals surface area (Å²) in [6, 6.07) is 0.617. The summed E-state index contributed by atoms with van der Waals surface area (Å²) in [6.45, 7) is 10.9. The molecule has 0 bridgehead atoms. The first-order valence-corrected chi connectivity index (χ1v) is 6.30. The van der Waals surface area contributed by atoms with E-state index in [1.165, 1.54) is 12.8 Å². The number of imidazole rings is 1. The zero-order valence-corrected chi connectivity index (χ0v) is 11.0. The first-order valence-electron chi connectivity index (χ1n) is 6.30. The van der Waals surface area contributed by atoms with E-state index in [-0.39, 0.29) is 0 Å². The van der Waals surface area contributed by atoms with E-state index in [9.17, 15) is 0 Å². The van der Waals surface area contributed by atoms with Crippen LogP contribution in [0.15, 0.2) is 12.4 Å². The molecule has 0 saturated heterocycles. The zero-order chi connectivity index (χ0) is 12.0.